The third kappa shape index (κ3) is 19.9. The summed E-state index contributed by atoms with van der Waals surface area (Å²) in [5.41, 5.74) is 1.08. The van der Waals surface area contributed by atoms with Gasteiger partial charge in [0.25, 0.3) is 17.8 Å². The number of amides is 2. The van der Waals surface area contributed by atoms with Crippen molar-refractivity contribution in [3.05, 3.63) is 74.6 Å². The molecule has 59 heavy (non-hydrogen) atoms. The third-order valence-electron chi connectivity index (χ3n) is 10.4. The molecule has 1 heterocycles. The second kappa shape index (κ2) is 25.4. The maximum Gasteiger partial charge on any atom is 1.00 e. The van der Waals surface area contributed by atoms with Gasteiger partial charge in [0, 0.05) is 55.1 Å². The van der Waals surface area contributed by atoms with Gasteiger partial charge in [-0.25, -0.2) is 14.0 Å². The number of hydrogen-bond acceptors (Lipinski definition) is 12. The molecule has 2 amide bonds. The van der Waals surface area contributed by atoms with Crippen molar-refractivity contribution in [2.45, 2.75) is 135 Å². The van der Waals surface area contributed by atoms with E-state index in [2.05, 4.69) is 20.4 Å². The van der Waals surface area contributed by atoms with Crippen molar-refractivity contribution in [2.24, 2.45) is 10.8 Å². The molecular formula is C40H58FK2N5O11. The Hall–Kier alpha value is -1.79. The van der Waals surface area contributed by atoms with Crippen LogP contribution < -0.4 is 124 Å². The molecule has 6 rings (SSSR count). The number of benzene rings is 2. The topological polar surface area (TPSA) is 216 Å². The van der Waals surface area contributed by atoms with Crippen molar-refractivity contribution in [3.63, 3.8) is 0 Å². The van der Waals surface area contributed by atoms with Crippen LogP contribution >= 0.6 is 0 Å². The van der Waals surface area contributed by atoms with Crippen LogP contribution in [0, 0.1) is 36.9 Å². The van der Waals surface area contributed by atoms with Crippen molar-refractivity contribution in [1.82, 2.24) is 10.6 Å². The van der Waals surface area contributed by atoms with Gasteiger partial charge in [0.1, 0.15) is 17.0 Å². The molecule has 2 aromatic rings. The summed E-state index contributed by atoms with van der Waals surface area (Å²) in [5.74, 6) is -0.467. The Kier molecular flexibility index (Phi) is 23.7. The van der Waals surface area contributed by atoms with E-state index in [1.165, 1.54) is 32.1 Å². The second-order valence-corrected chi connectivity index (χ2v) is 17.2. The van der Waals surface area contributed by atoms with Crippen LogP contribution in [-0.4, -0.2) is 64.9 Å². The fourth-order valence-electron chi connectivity index (χ4n) is 7.83. The molecule has 2 aromatic carbocycles. The Labute approximate surface area is 432 Å². The van der Waals surface area contributed by atoms with E-state index in [1.54, 1.807) is 12.1 Å². The van der Waals surface area contributed by atoms with Gasteiger partial charge in [-0.2, -0.15) is 0 Å². The Bertz CT molecular complexity index is 1630. The number of nitrogens with one attached hydrogen (secondary N) is 2. The quantitative estimate of drug-likeness (QED) is 0.140. The number of carbonyl (C=O) groups excluding carboxylic acids is 3. The molecule has 0 bridgehead atoms. The maximum absolute atomic E-state index is 12.1. The minimum absolute atomic E-state index is 0. The van der Waals surface area contributed by atoms with E-state index in [-0.39, 0.29) is 145 Å². The largest absolute Gasteiger partial charge is 1.00 e. The van der Waals surface area contributed by atoms with E-state index >= 15 is 0 Å². The second-order valence-electron chi connectivity index (χ2n) is 17.2. The summed E-state index contributed by atoms with van der Waals surface area (Å²) >= 11 is 0. The predicted molar refractivity (Wildman–Crippen MR) is 209 cm³/mol. The van der Waals surface area contributed by atoms with Gasteiger partial charge >= 0.3 is 115 Å². The molecule has 16 nitrogen and oxygen atoms in total. The predicted octanol–water partition coefficient (Wildman–Crippen LogP) is 1.78. The molecule has 0 atom stereocenters. The molecule has 3 aliphatic carbocycles. The number of non-ortho nitro benzene ring substituents is 2. The van der Waals surface area contributed by atoms with E-state index in [0.717, 1.165) is 81.6 Å². The standard InChI is InChI=1S/C19H27N3O4.C14H25NO2.C6H4FNO2.CH2O3.2K.H/c1-18(2,3)26-17(23)20-14-12-19(13-14)8-10-21(11-9-19)15-4-6-16(7-5-15)22(24)25;1-13(2,3)17-12(16)15-11-9-14(10-11)7-5-4-6-8-14;7-5-1-3-6(4-2-5)8(9)10;2-1-4-3;;;/h4-7,14H,8-13H2,1-3H3,(H,20,23);11H,4-10H2,1-3H3,(H,15,16);1-4H;1,3H;;;/q;;;;2*+1;-1/p-1. The molecule has 19 heteroatoms. The van der Waals surface area contributed by atoms with Crippen LogP contribution in [0.1, 0.15) is 114 Å². The van der Waals surface area contributed by atoms with Crippen LogP contribution in [-0.2, 0) is 19.2 Å². The van der Waals surface area contributed by atoms with Gasteiger partial charge in [0.05, 0.1) is 9.85 Å². The van der Waals surface area contributed by atoms with Crippen LogP contribution in [0.2, 0.25) is 0 Å². The molecule has 1 aliphatic heterocycles. The Morgan fingerprint density at radius 1 is 0.729 bits per heavy atom. The van der Waals surface area contributed by atoms with Gasteiger partial charge < -0.3 is 36.6 Å². The molecule has 0 aromatic heterocycles. The Morgan fingerprint density at radius 2 is 1.08 bits per heavy atom. The van der Waals surface area contributed by atoms with E-state index < -0.39 is 21.9 Å². The van der Waals surface area contributed by atoms with Crippen LogP contribution in [0.25, 0.3) is 0 Å². The first-order valence-corrected chi connectivity index (χ1v) is 19.3. The molecule has 318 valence electrons. The smallest absolute Gasteiger partial charge is 1.00 e. The van der Waals surface area contributed by atoms with E-state index in [1.807, 2.05) is 53.7 Å². The maximum atomic E-state index is 12.1. The number of anilines is 1. The summed E-state index contributed by atoms with van der Waals surface area (Å²) < 4.78 is 22.7. The summed E-state index contributed by atoms with van der Waals surface area (Å²) in [6.45, 7) is 13.0. The van der Waals surface area contributed by atoms with Crippen molar-refractivity contribution in [2.75, 3.05) is 18.0 Å². The Morgan fingerprint density at radius 3 is 1.42 bits per heavy atom. The van der Waals surface area contributed by atoms with Crippen LogP contribution in [0.5, 0.6) is 0 Å². The van der Waals surface area contributed by atoms with Crippen LogP contribution in [0.3, 0.4) is 0 Å². The van der Waals surface area contributed by atoms with Gasteiger partial charge in [-0.15, -0.1) is 0 Å². The first kappa shape index (κ1) is 55.2. The minimum Gasteiger partial charge on any atom is -1.00 e. The zero-order chi connectivity index (χ0) is 42.4. The zero-order valence-corrected chi connectivity index (χ0v) is 42.0. The summed E-state index contributed by atoms with van der Waals surface area (Å²) in [6.07, 6.45) is 12.8. The van der Waals surface area contributed by atoms with Gasteiger partial charge in [0.15, 0.2) is 0 Å². The first-order chi connectivity index (χ1) is 26.7. The van der Waals surface area contributed by atoms with Gasteiger partial charge in [0.2, 0.25) is 0 Å². The number of nitrogens with zero attached hydrogens (tertiary/aromatic N) is 3. The van der Waals surface area contributed by atoms with Crippen LogP contribution in [0.15, 0.2) is 48.5 Å². The average molecular weight is 882 g/mol. The number of nitro groups is 2. The number of alkyl carbamates (subject to hydrolysis) is 2. The number of halogens is 1. The minimum atomic E-state index is -0.570. The fraction of sp³-hybridized carbons (Fsp3) is 0.625. The molecule has 2 N–H and O–H groups in total. The molecule has 2 spiro atoms. The van der Waals surface area contributed by atoms with Crippen molar-refractivity contribution in [1.29, 1.82) is 0 Å². The number of hydrogen-bond donors (Lipinski definition) is 2. The van der Waals surface area contributed by atoms with Gasteiger partial charge in [-0.05, 0) is 128 Å². The molecule has 0 unspecified atom stereocenters. The number of ether oxygens (including phenoxy) is 2. The van der Waals surface area contributed by atoms with Crippen molar-refractivity contribution >= 4 is 35.7 Å². The van der Waals surface area contributed by atoms with E-state index in [9.17, 15) is 34.2 Å². The third-order valence-corrected chi connectivity index (χ3v) is 10.4. The normalized spacial score (nSPS) is 18.5. The summed E-state index contributed by atoms with van der Waals surface area (Å²) in [4.78, 5) is 56.8. The zero-order valence-electron chi connectivity index (χ0n) is 36.8. The molecule has 3 saturated carbocycles. The van der Waals surface area contributed by atoms with Crippen LogP contribution in [0.4, 0.5) is 31.0 Å². The van der Waals surface area contributed by atoms with E-state index in [4.69, 9.17) is 19.5 Å². The first-order valence-electron chi connectivity index (χ1n) is 19.3. The number of nitro benzene ring substituents is 2. The molecule has 4 fully saturated rings. The summed E-state index contributed by atoms with van der Waals surface area (Å²) in [5, 5.41) is 35.1. The summed E-state index contributed by atoms with van der Waals surface area (Å²) in [6, 6.07) is 11.7. The number of piperidine rings is 1. The SMILES string of the molecule is CC(C)(C)OC(=O)NC1CC2(CCCCC2)C1.CC(C)(C)OC(=O)NC1CC2(CCN(c3ccc([N+](=O)[O-])cc3)CC2)C1.O=CO[O-].O=[N+]([O-])c1ccc(F)cc1.[H-].[K+].[K+]. The molecule has 0 radical (unpaired) electrons. The number of carbonyl (C=O) groups is 3. The fourth-order valence-corrected chi connectivity index (χ4v) is 7.83. The van der Waals surface area contributed by atoms with Crippen molar-refractivity contribution in [3.8, 4) is 0 Å². The Balaban J connectivity index is 0.000000882. The van der Waals surface area contributed by atoms with E-state index in [0.29, 0.717) is 16.9 Å². The van der Waals surface area contributed by atoms with Crippen molar-refractivity contribution < 1.29 is 152 Å². The molecule has 4 aliphatic rings. The van der Waals surface area contributed by atoms with Gasteiger partial charge in [-0.3, -0.25) is 25.0 Å². The summed E-state index contributed by atoms with van der Waals surface area (Å²) in [7, 11) is 0. The monoisotopic (exact) mass is 881 g/mol. The molecule has 1 saturated heterocycles. The molecular weight excluding hydrogens is 824 g/mol. The average Bonchev–Trinajstić information content (AvgIpc) is 3.10. The number of rotatable bonds is 6. The van der Waals surface area contributed by atoms with Gasteiger partial charge in [-0.1, -0.05) is 19.3 Å².